The van der Waals surface area contributed by atoms with Gasteiger partial charge in [0.2, 0.25) is 11.8 Å². The molecule has 2 amide bonds. The molecule has 0 saturated carbocycles. The fraction of sp³-hybridized carbons (Fsp3) is 0.579. The average Bonchev–Trinajstić information content (AvgIpc) is 2.57. The zero-order valence-electron chi connectivity index (χ0n) is 16.0. The quantitative estimate of drug-likeness (QED) is 0.744. The number of benzene rings is 1. The Bertz CT molecular complexity index is 650. The average molecular weight is 384 g/mol. The van der Waals surface area contributed by atoms with E-state index in [-0.39, 0.29) is 24.2 Å². The highest BCUT2D eigenvalue weighted by atomic mass is 35.5. The van der Waals surface area contributed by atoms with Crippen LogP contribution in [0.1, 0.15) is 39.2 Å². The van der Waals surface area contributed by atoms with Crippen LogP contribution in [0.2, 0.25) is 0 Å². The molecule has 7 heteroatoms. The Morgan fingerprint density at radius 1 is 1.19 bits per heavy atom. The molecule has 0 aromatic heterocycles. The largest absolute Gasteiger partial charge is 0.381 e. The van der Waals surface area contributed by atoms with Crippen molar-refractivity contribution in [3.05, 3.63) is 23.8 Å². The molecule has 26 heavy (non-hydrogen) atoms. The number of carbonyl (C=O) groups is 2. The van der Waals surface area contributed by atoms with E-state index >= 15 is 0 Å². The number of hydrogen-bond donors (Lipinski definition) is 3. The number of halogens is 1. The first-order valence-electron chi connectivity index (χ1n) is 8.69. The molecule has 1 heterocycles. The highest BCUT2D eigenvalue weighted by molar-refractivity contribution is 5.98. The van der Waals surface area contributed by atoms with Gasteiger partial charge in [-0.05, 0) is 37.5 Å². The highest BCUT2D eigenvalue weighted by Crippen LogP contribution is 2.31. The number of amides is 2. The summed E-state index contributed by atoms with van der Waals surface area (Å²) in [5, 5.41) is 5.89. The summed E-state index contributed by atoms with van der Waals surface area (Å²) in [6.45, 7) is 8.89. The maximum Gasteiger partial charge on any atom is 0.232 e. The first-order valence-corrected chi connectivity index (χ1v) is 8.69. The molecule has 1 fully saturated rings. The lowest BCUT2D eigenvalue weighted by molar-refractivity contribution is -0.130. The number of anilines is 2. The van der Waals surface area contributed by atoms with Crippen LogP contribution in [0.15, 0.2) is 18.2 Å². The Balaban J connectivity index is 0.00000338. The Hall–Kier alpha value is -1.63. The first kappa shape index (κ1) is 22.4. The summed E-state index contributed by atoms with van der Waals surface area (Å²) in [4.78, 5) is 25.0. The number of rotatable bonds is 4. The van der Waals surface area contributed by atoms with Crippen molar-refractivity contribution in [3.63, 3.8) is 0 Å². The van der Waals surface area contributed by atoms with Crippen molar-refractivity contribution >= 4 is 35.6 Å². The van der Waals surface area contributed by atoms with E-state index in [1.54, 1.807) is 6.07 Å². The summed E-state index contributed by atoms with van der Waals surface area (Å²) < 4.78 is 5.35. The molecule has 4 N–H and O–H groups in total. The van der Waals surface area contributed by atoms with Crippen LogP contribution in [0, 0.1) is 17.8 Å². The lowest BCUT2D eigenvalue weighted by Gasteiger charge is -2.34. The smallest absolute Gasteiger partial charge is 0.232 e. The molecule has 1 aromatic rings. The predicted octanol–water partition coefficient (Wildman–Crippen LogP) is 3.10. The van der Waals surface area contributed by atoms with Crippen LogP contribution in [0.4, 0.5) is 11.4 Å². The second kappa shape index (κ2) is 8.84. The van der Waals surface area contributed by atoms with E-state index in [2.05, 4.69) is 10.6 Å². The van der Waals surface area contributed by atoms with Crippen molar-refractivity contribution in [2.45, 2.75) is 40.5 Å². The molecule has 6 nitrogen and oxygen atoms in total. The second-order valence-corrected chi connectivity index (χ2v) is 7.78. The molecule has 0 aliphatic carbocycles. The van der Waals surface area contributed by atoms with Crippen LogP contribution in [0.5, 0.6) is 0 Å². The zero-order chi connectivity index (χ0) is 18.7. The van der Waals surface area contributed by atoms with Gasteiger partial charge in [-0.25, -0.2) is 0 Å². The van der Waals surface area contributed by atoms with Gasteiger partial charge in [0.15, 0.2) is 0 Å². The van der Waals surface area contributed by atoms with Crippen LogP contribution >= 0.6 is 12.4 Å². The number of ether oxygens (including phenoxy) is 1. The number of aryl methyl sites for hydroxylation is 1. The van der Waals surface area contributed by atoms with Gasteiger partial charge in [0.25, 0.3) is 0 Å². The Labute approximate surface area is 161 Å². The fourth-order valence-corrected chi connectivity index (χ4v) is 2.69. The van der Waals surface area contributed by atoms with E-state index in [1.807, 2.05) is 39.8 Å². The minimum absolute atomic E-state index is 0. The Kier molecular flexibility index (Phi) is 7.62. The van der Waals surface area contributed by atoms with Gasteiger partial charge in [0.05, 0.1) is 5.41 Å². The SMILES string of the molecule is Cc1ccc(NC(=O)C2(CN)CCOCC2)cc1NC(=O)C(C)(C)C.Cl. The summed E-state index contributed by atoms with van der Waals surface area (Å²) in [6.07, 6.45) is 1.24. The van der Waals surface area contributed by atoms with Crippen LogP contribution in [0.3, 0.4) is 0 Å². The highest BCUT2D eigenvalue weighted by Gasteiger charge is 2.38. The Morgan fingerprint density at radius 2 is 1.81 bits per heavy atom. The summed E-state index contributed by atoms with van der Waals surface area (Å²) in [6, 6.07) is 5.51. The van der Waals surface area contributed by atoms with E-state index in [4.69, 9.17) is 10.5 Å². The maximum atomic E-state index is 12.8. The van der Waals surface area contributed by atoms with E-state index in [0.29, 0.717) is 44.0 Å². The minimum atomic E-state index is -0.585. The second-order valence-electron chi connectivity index (χ2n) is 7.78. The zero-order valence-corrected chi connectivity index (χ0v) is 16.8. The van der Waals surface area contributed by atoms with Crippen LogP contribution < -0.4 is 16.4 Å². The molecule has 1 aliphatic rings. The van der Waals surface area contributed by atoms with Crippen LogP contribution in [0.25, 0.3) is 0 Å². The third-order valence-electron chi connectivity index (χ3n) is 4.75. The molecule has 0 bridgehead atoms. The van der Waals surface area contributed by atoms with Crippen molar-refractivity contribution in [1.82, 2.24) is 0 Å². The fourth-order valence-electron chi connectivity index (χ4n) is 2.69. The van der Waals surface area contributed by atoms with Gasteiger partial charge < -0.3 is 21.1 Å². The monoisotopic (exact) mass is 383 g/mol. The summed E-state index contributed by atoms with van der Waals surface area (Å²) in [5.74, 6) is -0.155. The molecule has 146 valence electrons. The molecule has 0 unspecified atom stereocenters. The third kappa shape index (κ3) is 5.19. The van der Waals surface area contributed by atoms with Gasteiger partial charge in [-0.2, -0.15) is 0 Å². The summed E-state index contributed by atoms with van der Waals surface area (Å²) in [7, 11) is 0. The van der Waals surface area contributed by atoms with Crippen molar-refractivity contribution in [2.75, 3.05) is 30.4 Å². The van der Waals surface area contributed by atoms with Gasteiger partial charge in [-0.1, -0.05) is 26.8 Å². The normalized spacial score (nSPS) is 16.3. The summed E-state index contributed by atoms with van der Waals surface area (Å²) >= 11 is 0. The van der Waals surface area contributed by atoms with E-state index in [9.17, 15) is 9.59 Å². The van der Waals surface area contributed by atoms with Crippen LogP contribution in [-0.4, -0.2) is 31.6 Å². The molecule has 2 rings (SSSR count). The van der Waals surface area contributed by atoms with E-state index in [1.165, 1.54) is 0 Å². The van der Waals surface area contributed by atoms with E-state index in [0.717, 1.165) is 5.56 Å². The molecule has 0 radical (unpaired) electrons. The van der Waals surface area contributed by atoms with Crippen LogP contribution in [-0.2, 0) is 14.3 Å². The van der Waals surface area contributed by atoms with Crippen molar-refractivity contribution in [3.8, 4) is 0 Å². The molecule has 1 aliphatic heterocycles. The van der Waals surface area contributed by atoms with Gasteiger partial charge in [-0.3, -0.25) is 9.59 Å². The summed E-state index contributed by atoms with van der Waals surface area (Å²) in [5.41, 5.74) is 7.11. The predicted molar refractivity (Wildman–Crippen MR) is 107 cm³/mol. The number of nitrogens with one attached hydrogen (secondary N) is 2. The van der Waals surface area contributed by atoms with Gasteiger partial charge in [0, 0.05) is 36.5 Å². The van der Waals surface area contributed by atoms with Gasteiger partial charge >= 0.3 is 0 Å². The van der Waals surface area contributed by atoms with Crippen molar-refractivity contribution in [1.29, 1.82) is 0 Å². The van der Waals surface area contributed by atoms with E-state index < -0.39 is 10.8 Å². The molecule has 0 spiro atoms. The topological polar surface area (TPSA) is 93.5 Å². The van der Waals surface area contributed by atoms with Crippen molar-refractivity contribution in [2.24, 2.45) is 16.6 Å². The standard InChI is InChI=1S/C19H29N3O3.ClH/c1-13-5-6-14(11-15(13)22-16(23)18(2,3)4)21-17(24)19(12-20)7-9-25-10-8-19;/h5-6,11H,7-10,12,20H2,1-4H3,(H,21,24)(H,22,23);1H. The van der Waals surface area contributed by atoms with Crippen molar-refractivity contribution < 1.29 is 14.3 Å². The van der Waals surface area contributed by atoms with Gasteiger partial charge in [0.1, 0.15) is 0 Å². The first-order chi connectivity index (χ1) is 11.7. The molecule has 1 saturated heterocycles. The molecule has 0 atom stereocenters. The maximum absolute atomic E-state index is 12.8. The lowest BCUT2D eigenvalue weighted by Crippen LogP contribution is -2.46. The minimum Gasteiger partial charge on any atom is -0.381 e. The third-order valence-corrected chi connectivity index (χ3v) is 4.75. The molecular formula is C19H30ClN3O3. The molecule has 1 aromatic carbocycles. The number of hydrogen-bond acceptors (Lipinski definition) is 4. The lowest BCUT2D eigenvalue weighted by atomic mass is 9.79. The molecular weight excluding hydrogens is 354 g/mol. The Morgan fingerprint density at radius 3 is 2.35 bits per heavy atom. The van der Waals surface area contributed by atoms with Gasteiger partial charge in [-0.15, -0.1) is 12.4 Å². The number of nitrogens with two attached hydrogens (primary N) is 1. The number of carbonyl (C=O) groups excluding carboxylic acids is 2.